The number of nitrogens with one attached hydrogen (secondary N) is 1. The first-order valence-corrected chi connectivity index (χ1v) is 10.5. The maximum absolute atomic E-state index is 12.5. The molecule has 166 valence electrons. The Hall–Kier alpha value is -4.26. The van der Waals surface area contributed by atoms with Crippen LogP contribution in [0, 0.1) is 0 Å². The van der Waals surface area contributed by atoms with Crippen molar-refractivity contribution in [1.29, 1.82) is 0 Å². The van der Waals surface area contributed by atoms with Crippen LogP contribution in [-0.4, -0.2) is 19.7 Å². The Morgan fingerprint density at radius 3 is 2.48 bits per heavy atom. The van der Waals surface area contributed by atoms with E-state index >= 15 is 0 Å². The third-order valence-electron chi connectivity index (χ3n) is 5.65. The number of hydrogen-bond acceptors (Lipinski definition) is 6. The molecule has 0 bridgehead atoms. The summed E-state index contributed by atoms with van der Waals surface area (Å²) in [6, 6.07) is 20.5. The predicted molar refractivity (Wildman–Crippen MR) is 127 cm³/mol. The quantitative estimate of drug-likeness (QED) is 0.458. The average molecular weight is 442 g/mol. The fraction of sp³-hybridized carbons (Fsp3) is 0.154. The molecule has 1 aliphatic rings. The lowest BCUT2D eigenvalue weighted by molar-refractivity contribution is -0.114. The summed E-state index contributed by atoms with van der Waals surface area (Å²) < 4.78 is 16.9. The highest BCUT2D eigenvalue weighted by Crippen LogP contribution is 2.37. The maximum atomic E-state index is 12.5. The van der Waals surface area contributed by atoms with Crippen molar-refractivity contribution in [2.24, 2.45) is 0 Å². The van der Waals surface area contributed by atoms with Crippen LogP contribution in [-0.2, 0) is 11.3 Å². The van der Waals surface area contributed by atoms with Crippen molar-refractivity contribution in [3.05, 3.63) is 82.7 Å². The van der Waals surface area contributed by atoms with Crippen LogP contribution in [0.2, 0.25) is 0 Å². The molecule has 3 aromatic carbocycles. The van der Waals surface area contributed by atoms with Crippen molar-refractivity contribution in [2.45, 2.75) is 13.5 Å². The van der Waals surface area contributed by atoms with Crippen molar-refractivity contribution in [1.82, 2.24) is 0 Å². The van der Waals surface area contributed by atoms with Gasteiger partial charge in [0.2, 0.25) is 5.91 Å². The molecule has 4 aromatic rings. The summed E-state index contributed by atoms with van der Waals surface area (Å²) in [4.78, 5) is 25.8. The van der Waals surface area contributed by atoms with Crippen LogP contribution in [0.15, 0.2) is 75.9 Å². The number of nitrogens with zero attached hydrogens (tertiary/aromatic N) is 1. The zero-order chi connectivity index (χ0) is 22.9. The number of carbonyl (C=O) groups is 1. The number of methoxy groups -OCH3 is 1. The molecule has 33 heavy (non-hydrogen) atoms. The van der Waals surface area contributed by atoms with Crippen LogP contribution in [0.1, 0.15) is 12.5 Å². The lowest BCUT2D eigenvalue weighted by atomic mass is 9.99. The number of carbonyl (C=O) groups excluding carboxylic acids is 1. The smallest absolute Gasteiger partial charge is 0.336 e. The van der Waals surface area contributed by atoms with Gasteiger partial charge >= 0.3 is 5.63 Å². The molecular formula is C26H22N2O5. The number of benzene rings is 3. The highest BCUT2D eigenvalue weighted by molar-refractivity contribution is 5.96. The summed E-state index contributed by atoms with van der Waals surface area (Å²) in [6.07, 6.45) is 0. The molecule has 1 amide bonds. The summed E-state index contributed by atoms with van der Waals surface area (Å²) in [7, 11) is 1.62. The Balaban J connectivity index is 1.54. The van der Waals surface area contributed by atoms with Crippen LogP contribution in [0.4, 0.5) is 11.4 Å². The molecule has 0 fully saturated rings. The van der Waals surface area contributed by atoms with Gasteiger partial charge in [-0.2, -0.15) is 0 Å². The molecule has 0 spiro atoms. The van der Waals surface area contributed by atoms with E-state index in [-0.39, 0.29) is 5.91 Å². The summed E-state index contributed by atoms with van der Waals surface area (Å²) in [5, 5.41) is 3.60. The van der Waals surface area contributed by atoms with Crippen molar-refractivity contribution >= 4 is 28.3 Å². The van der Waals surface area contributed by atoms with Gasteiger partial charge in [0, 0.05) is 29.8 Å². The summed E-state index contributed by atoms with van der Waals surface area (Å²) in [6.45, 7) is 2.35. The largest absolute Gasteiger partial charge is 0.497 e. The van der Waals surface area contributed by atoms with Crippen LogP contribution in [0.3, 0.4) is 0 Å². The van der Waals surface area contributed by atoms with Gasteiger partial charge in [-0.05, 0) is 59.7 Å². The lowest BCUT2D eigenvalue weighted by Gasteiger charge is -2.31. The minimum atomic E-state index is -0.418. The van der Waals surface area contributed by atoms with Crippen molar-refractivity contribution in [3.63, 3.8) is 0 Å². The second kappa shape index (κ2) is 8.35. The second-order valence-corrected chi connectivity index (χ2v) is 7.83. The first-order chi connectivity index (χ1) is 16.0. The minimum Gasteiger partial charge on any atom is -0.497 e. The van der Waals surface area contributed by atoms with Crippen LogP contribution in [0.25, 0.3) is 22.1 Å². The predicted octanol–water partition coefficient (Wildman–Crippen LogP) is 4.78. The number of hydrogen-bond donors (Lipinski definition) is 1. The van der Waals surface area contributed by atoms with Crippen LogP contribution in [0.5, 0.6) is 11.5 Å². The zero-order valence-corrected chi connectivity index (χ0v) is 18.3. The molecule has 1 aliphatic heterocycles. The molecule has 0 saturated carbocycles. The first kappa shape index (κ1) is 20.6. The number of anilines is 2. The van der Waals surface area contributed by atoms with E-state index in [0.717, 1.165) is 39.2 Å². The van der Waals surface area contributed by atoms with Gasteiger partial charge in [0.25, 0.3) is 0 Å². The van der Waals surface area contributed by atoms with E-state index < -0.39 is 5.63 Å². The monoisotopic (exact) mass is 442 g/mol. The molecule has 1 aromatic heterocycles. The van der Waals surface area contributed by atoms with E-state index in [1.807, 2.05) is 65.6 Å². The molecule has 5 rings (SSSR count). The lowest BCUT2D eigenvalue weighted by Crippen LogP contribution is -2.32. The molecule has 0 atom stereocenters. The maximum Gasteiger partial charge on any atom is 0.336 e. The fourth-order valence-corrected chi connectivity index (χ4v) is 4.07. The topological polar surface area (TPSA) is 81.0 Å². The zero-order valence-electron chi connectivity index (χ0n) is 18.3. The normalized spacial score (nSPS) is 12.7. The molecule has 0 aliphatic carbocycles. The van der Waals surface area contributed by atoms with E-state index in [1.165, 1.54) is 13.0 Å². The van der Waals surface area contributed by atoms with Gasteiger partial charge in [-0.15, -0.1) is 0 Å². The average Bonchev–Trinajstić information content (AvgIpc) is 2.83. The van der Waals surface area contributed by atoms with Crippen LogP contribution >= 0.6 is 0 Å². The minimum absolute atomic E-state index is 0.118. The molecule has 1 N–H and O–H groups in total. The Morgan fingerprint density at radius 1 is 1.03 bits per heavy atom. The second-order valence-electron chi connectivity index (χ2n) is 7.83. The number of ether oxygens (including phenoxy) is 2. The standard InChI is InChI=1S/C26H22N2O5/c1-16(29)27-18-5-7-19(8-6-18)28-14-23-24(32-15-28)12-11-21-22(13-25(30)33-26(21)23)17-3-9-20(31-2)10-4-17/h3-13H,14-15H2,1-2H3,(H,27,29). The van der Waals surface area contributed by atoms with Gasteiger partial charge in [-0.1, -0.05) is 12.1 Å². The van der Waals surface area contributed by atoms with Crippen molar-refractivity contribution < 1.29 is 18.7 Å². The summed E-state index contributed by atoms with van der Waals surface area (Å²) >= 11 is 0. The van der Waals surface area contributed by atoms with Gasteiger partial charge in [-0.3, -0.25) is 4.79 Å². The molecule has 7 heteroatoms. The van der Waals surface area contributed by atoms with E-state index in [9.17, 15) is 9.59 Å². The van der Waals surface area contributed by atoms with Gasteiger partial charge in [0.15, 0.2) is 6.73 Å². The van der Waals surface area contributed by atoms with Gasteiger partial charge in [-0.25, -0.2) is 4.79 Å². The van der Waals surface area contributed by atoms with Gasteiger partial charge in [0.1, 0.15) is 17.1 Å². The SMILES string of the molecule is COc1ccc(-c2cc(=O)oc3c4c(ccc23)OCN(c2ccc(NC(C)=O)cc2)C4)cc1. The molecule has 0 saturated heterocycles. The van der Waals surface area contributed by atoms with E-state index in [2.05, 4.69) is 5.32 Å². The molecule has 2 heterocycles. The Morgan fingerprint density at radius 2 is 1.79 bits per heavy atom. The molecular weight excluding hydrogens is 420 g/mol. The highest BCUT2D eigenvalue weighted by atomic mass is 16.5. The Kier molecular flexibility index (Phi) is 5.22. The van der Waals surface area contributed by atoms with E-state index in [1.54, 1.807) is 7.11 Å². The molecule has 7 nitrogen and oxygen atoms in total. The van der Waals surface area contributed by atoms with Crippen LogP contribution < -0.4 is 25.3 Å². The third-order valence-corrected chi connectivity index (χ3v) is 5.65. The van der Waals surface area contributed by atoms with Crippen molar-refractivity contribution in [3.8, 4) is 22.6 Å². The third kappa shape index (κ3) is 4.01. The fourth-order valence-electron chi connectivity index (χ4n) is 4.07. The summed E-state index contributed by atoms with van der Waals surface area (Å²) in [5.74, 6) is 1.33. The number of amides is 1. The Bertz CT molecular complexity index is 1390. The van der Waals surface area contributed by atoms with Gasteiger partial charge < -0.3 is 24.1 Å². The summed E-state index contributed by atoms with van der Waals surface area (Å²) in [5.41, 5.74) is 4.27. The highest BCUT2D eigenvalue weighted by Gasteiger charge is 2.23. The van der Waals surface area contributed by atoms with Gasteiger partial charge in [0.05, 0.1) is 19.2 Å². The molecule has 0 unspecified atom stereocenters. The van der Waals surface area contributed by atoms with Crippen molar-refractivity contribution in [2.75, 3.05) is 24.1 Å². The van der Waals surface area contributed by atoms with E-state index in [4.69, 9.17) is 13.9 Å². The Labute approximate surface area is 190 Å². The number of fused-ring (bicyclic) bond motifs is 3. The number of rotatable bonds is 4. The first-order valence-electron chi connectivity index (χ1n) is 10.5. The van der Waals surface area contributed by atoms with E-state index in [0.29, 0.717) is 24.6 Å². The molecule has 0 radical (unpaired) electrons.